The van der Waals surface area contributed by atoms with E-state index in [4.69, 9.17) is 9.47 Å². The van der Waals surface area contributed by atoms with Crippen LogP contribution in [-0.2, 0) is 20.9 Å². The molecule has 2 fully saturated rings. The van der Waals surface area contributed by atoms with Crippen LogP contribution in [0.25, 0.3) is 0 Å². The topological polar surface area (TPSA) is 84.0 Å². The molecule has 8 nitrogen and oxygen atoms in total. The van der Waals surface area contributed by atoms with Gasteiger partial charge in [0.15, 0.2) is 0 Å². The zero-order chi connectivity index (χ0) is 20.9. The van der Waals surface area contributed by atoms with Gasteiger partial charge in [0.25, 0.3) is 0 Å². The number of benzene rings is 1. The zero-order valence-electron chi connectivity index (χ0n) is 17.0. The molecule has 1 unspecified atom stereocenters. The molecular weight excluding hydrogens is 384 g/mol. The van der Waals surface area contributed by atoms with E-state index in [1.807, 2.05) is 36.4 Å². The molecule has 0 radical (unpaired) electrons. The van der Waals surface area contributed by atoms with E-state index in [1.54, 1.807) is 18.2 Å². The van der Waals surface area contributed by atoms with E-state index in [0.717, 1.165) is 35.9 Å². The van der Waals surface area contributed by atoms with E-state index >= 15 is 0 Å². The summed E-state index contributed by atoms with van der Waals surface area (Å²) in [6.07, 6.45) is 1.98. The van der Waals surface area contributed by atoms with E-state index in [9.17, 15) is 9.59 Å². The number of ether oxygens (including phenoxy) is 2. The molecule has 4 rings (SSSR count). The van der Waals surface area contributed by atoms with Crippen molar-refractivity contribution >= 4 is 23.3 Å². The molecule has 2 amide bonds. The summed E-state index contributed by atoms with van der Waals surface area (Å²) in [4.78, 5) is 33.4. The van der Waals surface area contributed by atoms with E-state index in [-0.39, 0.29) is 24.2 Å². The summed E-state index contributed by atoms with van der Waals surface area (Å²) in [6.45, 7) is 3.81. The zero-order valence-corrected chi connectivity index (χ0v) is 17.0. The van der Waals surface area contributed by atoms with Gasteiger partial charge in [0.05, 0.1) is 26.2 Å². The van der Waals surface area contributed by atoms with E-state index in [2.05, 4.69) is 15.2 Å². The minimum absolute atomic E-state index is 0.0427. The van der Waals surface area contributed by atoms with Gasteiger partial charge in [-0.3, -0.25) is 9.59 Å². The third-order valence-electron chi connectivity index (χ3n) is 5.49. The highest BCUT2D eigenvalue weighted by atomic mass is 16.5. The Hall–Kier alpha value is -3.13. The van der Waals surface area contributed by atoms with Gasteiger partial charge in [-0.25, -0.2) is 4.98 Å². The molecule has 0 bridgehead atoms. The SMILES string of the molecule is COc1ccc(N2CC(C(=O)NCc3ccnc(N4CCOCC4)c3)CC2=O)cc1. The number of hydrogen-bond acceptors (Lipinski definition) is 6. The highest BCUT2D eigenvalue weighted by molar-refractivity contribution is 6.00. The number of anilines is 2. The second-order valence-electron chi connectivity index (χ2n) is 7.44. The summed E-state index contributed by atoms with van der Waals surface area (Å²) in [7, 11) is 1.60. The van der Waals surface area contributed by atoms with Gasteiger partial charge in [0.2, 0.25) is 11.8 Å². The van der Waals surface area contributed by atoms with Crippen molar-refractivity contribution in [2.45, 2.75) is 13.0 Å². The van der Waals surface area contributed by atoms with E-state index in [1.165, 1.54) is 0 Å². The van der Waals surface area contributed by atoms with Gasteiger partial charge < -0.3 is 24.6 Å². The average Bonchev–Trinajstić information content (AvgIpc) is 3.20. The smallest absolute Gasteiger partial charge is 0.227 e. The van der Waals surface area contributed by atoms with Crippen molar-refractivity contribution in [3.63, 3.8) is 0 Å². The van der Waals surface area contributed by atoms with Crippen LogP contribution in [0.2, 0.25) is 0 Å². The number of carbonyl (C=O) groups excluding carboxylic acids is 2. The van der Waals surface area contributed by atoms with Gasteiger partial charge in [0, 0.05) is 44.5 Å². The first-order valence-corrected chi connectivity index (χ1v) is 10.1. The number of rotatable bonds is 6. The number of methoxy groups -OCH3 is 1. The molecule has 2 saturated heterocycles. The second-order valence-corrected chi connectivity index (χ2v) is 7.44. The van der Waals surface area contributed by atoms with Crippen LogP contribution in [0.5, 0.6) is 5.75 Å². The number of amides is 2. The third kappa shape index (κ3) is 4.54. The maximum absolute atomic E-state index is 12.7. The minimum Gasteiger partial charge on any atom is -0.497 e. The lowest BCUT2D eigenvalue weighted by Gasteiger charge is -2.28. The Kier molecular flexibility index (Phi) is 6.13. The molecule has 3 heterocycles. The van der Waals surface area contributed by atoms with Crippen molar-refractivity contribution in [1.82, 2.24) is 10.3 Å². The predicted octanol–water partition coefficient (Wildman–Crippen LogP) is 1.60. The molecule has 1 aromatic carbocycles. The summed E-state index contributed by atoms with van der Waals surface area (Å²) in [6, 6.07) is 11.2. The van der Waals surface area contributed by atoms with Gasteiger partial charge in [-0.05, 0) is 42.0 Å². The molecule has 0 saturated carbocycles. The summed E-state index contributed by atoms with van der Waals surface area (Å²) >= 11 is 0. The first-order chi connectivity index (χ1) is 14.6. The molecule has 0 spiro atoms. The molecule has 2 aromatic rings. The van der Waals surface area contributed by atoms with Crippen LogP contribution in [0, 0.1) is 5.92 Å². The number of aromatic nitrogens is 1. The van der Waals surface area contributed by atoms with Crippen LogP contribution in [0.15, 0.2) is 42.6 Å². The maximum Gasteiger partial charge on any atom is 0.227 e. The van der Waals surface area contributed by atoms with Crippen LogP contribution in [-0.4, -0.2) is 56.8 Å². The van der Waals surface area contributed by atoms with Crippen molar-refractivity contribution in [2.24, 2.45) is 5.92 Å². The average molecular weight is 410 g/mol. The Morgan fingerprint density at radius 3 is 2.73 bits per heavy atom. The lowest BCUT2D eigenvalue weighted by molar-refractivity contribution is -0.126. The van der Waals surface area contributed by atoms with Crippen molar-refractivity contribution < 1.29 is 19.1 Å². The molecule has 8 heteroatoms. The first kappa shape index (κ1) is 20.2. The monoisotopic (exact) mass is 410 g/mol. The van der Waals surface area contributed by atoms with Gasteiger partial charge in [0.1, 0.15) is 11.6 Å². The number of pyridine rings is 1. The summed E-state index contributed by atoms with van der Waals surface area (Å²) in [5.41, 5.74) is 1.76. The largest absolute Gasteiger partial charge is 0.497 e. The molecule has 0 aliphatic carbocycles. The molecular formula is C22H26N4O4. The fourth-order valence-corrected chi connectivity index (χ4v) is 3.76. The first-order valence-electron chi connectivity index (χ1n) is 10.1. The predicted molar refractivity (Wildman–Crippen MR) is 113 cm³/mol. The number of nitrogens with one attached hydrogen (secondary N) is 1. The molecule has 1 N–H and O–H groups in total. The standard InChI is InChI=1S/C22H26N4O4/c1-29-19-4-2-18(3-5-19)26-15-17(13-21(26)27)22(28)24-14-16-6-7-23-20(12-16)25-8-10-30-11-9-25/h2-7,12,17H,8-11,13-15H2,1H3,(H,24,28). The Bertz CT molecular complexity index is 896. The van der Waals surface area contributed by atoms with Crippen LogP contribution in [0.3, 0.4) is 0 Å². The molecule has 2 aliphatic rings. The van der Waals surface area contributed by atoms with Crippen LogP contribution >= 0.6 is 0 Å². The van der Waals surface area contributed by atoms with Gasteiger partial charge in [-0.2, -0.15) is 0 Å². The highest BCUT2D eigenvalue weighted by Gasteiger charge is 2.35. The summed E-state index contributed by atoms with van der Waals surface area (Å²) in [5, 5.41) is 2.97. The van der Waals surface area contributed by atoms with Gasteiger partial charge >= 0.3 is 0 Å². The summed E-state index contributed by atoms with van der Waals surface area (Å²) < 4.78 is 10.5. The van der Waals surface area contributed by atoms with Crippen LogP contribution in [0.1, 0.15) is 12.0 Å². The van der Waals surface area contributed by atoms with E-state index in [0.29, 0.717) is 26.3 Å². The van der Waals surface area contributed by atoms with Crippen molar-refractivity contribution in [2.75, 3.05) is 49.8 Å². The number of morpholine rings is 1. The Labute approximate surface area is 175 Å². The molecule has 1 atom stereocenters. The fraction of sp³-hybridized carbons (Fsp3) is 0.409. The quantitative estimate of drug-likeness (QED) is 0.779. The Morgan fingerprint density at radius 2 is 2.00 bits per heavy atom. The van der Waals surface area contributed by atoms with Gasteiger partial charge in [-0.1, -0.05) is 0 Å². The highest BCUT2D eigenvalue weighted by Crippen LogP contribution is 2.27. The van der Waals surface area contributed by atoms with E-state index < -0.39 is 0 Å². The fourth-order valence-electron chi connectivity index (χ4n) is 3.76. The van der Waals surface area contributed by atoms with Crippen LogP contribution in [0.4, 0.5) is 11.5 Å². The third-order valence-corrected chi connectivity index (χ3v) is 5.49. The number of hydrogen-bond donors (Lipinski definition) is 1. The molecule has 158 valence electrons. The second kappa shape index (κ2) is 9.13. The molecule has 30 heavy (non-hydrogen) atoms. The van der Waals surface area contributed by atoms with Crippen molar-refractivity contribution in [3.05, 3.63) is 48.2 Å². The van der Waals surface area contributed by atoms with Crippen molar-refractivity contribution in [3.8, 4) is 5.75 Å². The lowest BCUT2D eigenvalue weighted by Crippen LogP contribution is -2.37. The number of nitrogens with zero attached hydrogens (tertiary/aromatic N) is 3. The minimum atomic E-state index is -0.361. The maximum atomic E-state index is 12.7. The lowest BCUT2D eigenvalue weighted by atomic mass is 10.1. The molecule has 2 aliphatic heterocycles. The Balaban J connectivity index is 1.33. The normalized spacial score (nSPS) is 19.1. The van der Waals surface area contributed by atoms with Crippen molar-refractivity contribution in [1.29, 1.82) is 0 Å². The van der Waals surface area contributed by atoms with Crippen LogP contribution < -0.4 is 19.9 Å². The van der Waals surface area contributed by atoms with Gasteiger partial charge in [-0.15, -0.1) is 0 Å². The molecule has 1 aromatic heterocycles. The summed E-state index contributed by atoms with van der Waals surface area (Å²) in [5.74, 6) is 1.11. The Morgan fingerprint density at radius 1 is 1.23 bits per heavy atom. The number of carbonyl (C=O) groups is 2.